The number of nitrogens with two attached hydrogens (primary N) is 3. The Morgan fingerprint density at radius 2 is 1.68 bits per heavy atom. The first kappa shape index (κ1) is 27.6. The lowest BCUT2D eigenvalue weighted by Crippen LogP contribution is -2.68. The highest BCUT2D eigenvalue weighted by molar-refractivity contribution is 5.72. The number of carbonyl (C=O) groups excluding carboxylic acids is 1. The Bertz CT molecular complexity index is 688. The minimum absolute atomic E-state index is 0.0851. The van der Waals surface area contributed by atoms with Crippen molar-refractivity contribution in [3.8, 4) is 0 Å². The molecule has 3 fully saturated rings. The summed E-state index contributed by atoms with van der Waals surface area (Å²) in [5, 5.41) is 37.8. The lowest BCUT2D eigenvalue weighted by molar-refractivity contribution is -0.306. The highest BCUT2D eigenvalue weighted by Gasteiger charge is 2.50. The molecule has 3 aliphatic rings. The highest BCUT2D eigenvalue weighted by atomic mass is 16.7. The van der Waals surface area contributed by atoms with Crippen LogP contribution in [0.2, 0.25) is 0 Å². The normalized spacial score (nSPS) is 47.9. The number of nitrogens with one attached hydrogen (secondary N) is 2. The quantitative estimate of drug-likeness (QED) is 0.172. The zero-order valence-electron chi connectivity index (χ0n) is 20.0. The lowest BCUT2D eigenvalue weighted by Gasteiger charge is -2.48. The molecule has 0 aromatic rings. The van der Waals surface area contributed by atoms with Crippen molar-refractivity contribution in [2.24, 2.45) is 17.2 Å². The van der Waals surface area contributed by atoms with E-state index in [0.29, 0.717) is 19.4 Å². The number of likely N-dealkylation sites (N-methyl/N-ethyl adjacent to an activating group) is 1. The van der Waals surface area contributed by atoms with E-state index in [1.165, 1.54) is 6.92 Å². The first-order valence-corrected chi connectivity index (χ1v) is 11.8. The SMILES string of the molecule is CN[C@@H]1[C@@H](O)[C@@H](O[C@@H]2[C@@H](O)[C@H](O[C@H]3O[C@H](CNC(C)=O)CC[C@H]3N)[C@@H](N)C[C@H]2N)OC[C@]1(C)O. The number of ether oxygens (including phenoxy) is 4. The minimum Gasteiger partial charge on any atom is -0.388 e. The van der Waals surface area contributed by atoms with Crippen LogP contribution in [0, 0.1) is 0 Å². The summed E-state index contributed by atoms with van der Waals surface area (Å²) in [4.78, 5) is 11.2. The Morgan fingerprint density at radius 1 is 1.06 bits per heavy atom. The second-order valence-corrected chi connectivity index (χ2v) is 9.85. The van der Waals surface area contributed by atoms with Crippen molar-refractivity contribution in [1.82, 2.24) is 10.6 Å². The van der Waals surface area contributed by atoms with Crippen LogP contribution in [0.15, 0.2) is 0 Å². The van der Waals surface area contributed by atoms with Gasteiger partial charge in [0.25, 0.3) is 0 Å². The van der Waals surface area contributed by atoms with Gasteiger partial charge in [0, 0.05) is 25.6 Å². The molecule has 0 aromatic carbocycles. The van der Waals surface area contributed by atoms with Crippen LogP contribution in [0.1, 0.15) is 33.1 Å². The first-order chi connectivity index (χ1) is 15.9. The molecule has 0 radical (unpaired) electrons. The number of aliphatic hydroxyl groups excluding tert-OH is 2. The number of hydrogen-bond donors (Lipinski definition) is 8. The van der Waals surface area contributed by atoms with Gasteiger partial charge >= 0.3 is 0 Å². The summed E-state index contributed by atoms with van der Waals surface area (Å²) in [6, 6.07) is -2.42. The molecule has 1 aliphatic carbocycles. The molecule has 2 aliphatic heterocycles. The molecule has 12 atom stereocenters. The van der Waals surface area contributed by atoms with Gasteiger partial charge in [0.2, 0.25) is 5.91 Å². The van der Waals surface area contributed by atoms with Crippen molar-refractivity contribution in [3.63, 3.8) is 0 Å². The number of rotatable bonds is 7. The van der Waals surface area contributed by atoms with Crippen LogP contribution in [-0.4, -0.2) is 114 Å². The van der Waals surface area contributed by atoms with Gasteiger partial charge in [-0.25, -0.2) is 0 Å². The summed E-state index contributed by atoms with van der Waals surface area (Å²) in [5.74, 6) is -0.163. The fraction of sp³-hybridized carbons (Fsp3) is 0.952. The lowest BCUT2D eigenvalue weighted by atomic mass is 9.84. The van der Waals surface area contributed by atoms with Crippen LogP contribution in [0.25, 0.3) is 0 Å². The van der Waals surface area contributed by atoms with Crippen molar-refractivity contribution in [3.05, 3.63) is 0 Å². The molecule has 1 saturated carbocycles. The van der Waals surface area contributed by atoms with E-state index in [9.17, 15) is 20.1 Å². The number of aliphatic hydroxyl groups is 3. The van der Waals surface area contributed by atoms with Gasteiger partial charge in [-0.2, -0.15) is 0 Å². The molecule has 2 heterocycles. The van der Waals surface area contributed by atoms with Gasteiger partial charge in [-0.05, 0) is 33.2 Å². The molecule has 0 spiro atoms. The summed E-state index contributed by atoms with van der Waals surface area (Å²) in [5.41, 5.74) is 17.4. The maximum absolute atomic E-state index is 11.2. The summed E-state index contributed by atoms with van der Waals surface area (Å²) in [6.07, 6.45) is -5.03. The molecule has 0 aromatic heterocycles. The van der Waals surface area contributed by atoms with Crippen LogP contribution in [0.3, 0.4) is 0 Å². The molecule has 0 unspecified atom stereocenters. The Balaban J connectivity index is 1.66. The molecule has 0 bridgehead atoms. The first-order valence-electron chi connectivity index (χ1n) is 11.8. The van der Waals surface area contributed by atoms with E-state index < -0.39 is 66.8 Å². The minimum atomic E-state index is -1.31. The van der Waals surface area contributed by atoms with Gasteiger partial charge in [0.1, 0.15) is 30.0 Å². The summed E-state index contributed by atoms with van der Waals surface area (Å²) < 4.78 is 23.4. The molecule has 3 rings (SSSR count). The van der Waals surface area contributed by atoms with Crippen molar-refractivity contribution in [1.29, 1.82) is 0 Å². The second kappa shape index (κ2) is 11.4. The van der Waals surface area contributed by atoms with Crippen LogP contribution >= 0.6 is 0 Å². The molecular formula is C21H41N5O8. The smallest absolute Gasteiger partial charge is 0.216 e. The Labute approximate surface area is 199 Å². The van der Waals surface area contributed by atoms with Gasteiger partial charge in [0.05, 0.1) is 24.8 Å². The van der Waals surface area contributed by atoms with Crippen molar-refractivity contribution in [2.45, 2.75) is 106 Å². The Morgan fingerprint density at radius 3 is 2.26 bits per heavy atom. The molecule has 11 N–H and O–H groups in total. The number of amides is 1. The maximum atomic E-state index is 11.2. The largest absolute Gasteiger partial charge is 0.388 e. The van der Waals surface area contributed by atoms with E-state index in [1.54, 1.807) is 14.0 Å². The van der Waals surface area contributed by atoms with Gasteiger partial charge in [-0.1, -0.05) is 0 Å². The standard InChI is InChI=1S/C21H41N5O8/c1-9(27)26-7-10-4-5-11(22)19(32-10)33-16-12(23)6-13(24)17(14(16)28)34-20-15(29)18(25-3)21(2,30)8-31-20/h10-20,25,28-30H,4-8,22-24H2,1-3H3,(H,26,27)/t10-,11+,12-,13+,14-,15+,16+,17-,18+,19+,20+,21-/m0/s1. The van der Waals surface area contributed by atoms with Crippen LogP contribution < -0.4 is 27.8 Å². The van der Waals surface area contributed by atoms with E-state index in [-0.39, 0.29) is 25.0 Å². The zero-order valence-corrected chi connectivity index (χ0v) is 20.0. The third kappa shape index (κ3) is 6.23. The average Bonchev–Trinajstić information content (AvgIpc) is 2.75. The Hall–Kier alpha value is -0.970. The maximum Gasteiger partial charge on any atom is 0.216 e. The van der Waals surface area contributed by atoms with Crippen molar-refractivity contribution < 1.29 is 39.1 Å². The molecule has 13 nitrogen and oxygen atoms in total. The van der Waals surface area contributed by atoms with Crippen molar-refractivity contribution in [2.75, 3.05) is 20.2 Å². The fourth-order valence-corrected chi connectivity index (χ4v) is 4.93. The summed E-state index contributed by atoms with van der Waals surface area (Å²) >= 11 is 0. The summed E-state index contributed by atoms with van der Waals surface area (Å²) in [7, 11) is 1.61. The molecule has 34 heavy (non-hydrogen) atoms. The zero-order chi connectivity index (χ0) is 25.2. The van der Waals surface area contributed by atoms with Gasteiger partial charge in [-0.3, -0.25) is 4.79 Å². The number of carbonyl (C=O) groups is 1. The van der Waals surface area contributed by atoms with Crippen LogP contribution in [0.4, 0.5) is 0 Å². The molecule has 1 amide bonds. The van der Waals surface area contributed by atoms with Gasteiger partial charge in [0.15, 0.2) is 12.6 Å². The van der Waals surface area contributed by atoms with Crippen molar-refractivity contribution >= 4 is 5.91 Å². The fourth-order valence-electron chi connectivity index (χ4n) is 4.93. The topological polar surface area (TPSA) is 217 Å². The Kier molecular flexibility index (Phi) is 9.25. The van der Waals surface area contributed by atoms with Gasteiger partial charge < -0.3 is 62.1 Å². The van der Waals surface area contributed by atoms with E-state index in [2.05, 4.69) is 10.6 Å². The average molecular weight is 492 g/mol. The monoisotopic (exact) mass is 491 g/mol. The number of hydrogen-bond acceptors (Lipinski definition) is 12. The molecule has 13 heteroatoms. The van der Waals surface area contributed by atoms with E-state index in [0.717, 1.165) is 0 Å². The predicted octanol–water partition coefficient (Wildman–Crippen LogP) is -3.80. The highest BCUT2D eigenvalue weighted by Crippen LogP contribution is 2.31. The van der Waals surface area contributed by atoms with Crippen LogP contribution in [0.5, 0.6) is 0 Å². The van der Waals surface area contributed by atoms with E-state index in [4.69, 9.17) is 36.1 Å². The second-order valence-electron chi connectivity index (χ2n) is 9.85. The molecule has 198 valence electrons. The third-order valence-electron chi connectivity index (χ3n) is 6.86. The van der Waals surface area contributed by atoms with E-state index in [1.807, 2.05) is 0 Å². The van der Waals surface area contributed by atoms with Gasteiger partial charge in [-0.15, -0.1) is 0 Å². The summed E-state index contributed by atoms with van der Waals surface area (Å²) in [6.45, 7) is 3.21. The molecule has 2 saturated heterocycles. The predicted molar refractivity (Wildman–Crippen MR) is 120 cm³/mol. The third-order valence-corrected chi connectivity index (χ3v) is 6.86. The molecular weight excluding hydrogens is 450 g/mol. The van der Waals surface area contributed by atoms with Crippen LogP contribution in [-0.2, 0) is 23.7 Å². The van der Waals surface area contributed by atoms with E-state index >= 15 is 0 Å².